The van der Waals surface area contributed by atoms with Crippen molar-refractivity contribution in [3.8, 4) is 157 Å². The molecule has 17 aromatic carbocycles. The summed E-state index contributed by atoms with van der Waals surface area (Å²) in [6.07, 6.45) is 0. The maximum Gasteiger partial charge on any atom is 0.252 e. The van der Waals surface area contributed by atoms with Crippen LogP contribution < -0.4 is 16.4 Å². The van der Waals surface area contributed by atoms with E-state index in [1.54, 1.807) is 0 Å². The van der Waals surface area contributed by atoms with Gasteiger partial charge in [-0.1, -0.05) is 345 Å². The second kappa shape index (κ2) is 28.1. The minimum Gasteiger partial charge on any atom is -0.310 e. The fourth-order valence-corrected chi connectivity index (χ4v) is 18.9. The molecule has 3 aromatic heterocycles. The Hall–Kier alpha value is -14.6. The first kappa shape index (κ1) is 71.0. The van der Waals surface area contributed by atoms with Crippen molar-refractivity contribution >= 4 is 66.7 Å². The quantitative estimate of drug-likeness (QED) is 0.108. The minimum atomic E-state index is -0.309. The summed E-state index contributed by atoms with van der Waals surface area (Å²) in [6.45, 7) is 13.5. The molecule has 119 heavy (non-hydrogen) atoms. The molecule has 0 spiro atoms. The van der Waals surface area contributed by atoms with Crippen molar-refractivity contribution in [2.45, 2.75) is 52.4 Å². The van der Waals surface area contributed by atoms with Gasteiger partial charge in [-0.2, -0.15) is 0 Å². The van der Waals surface area contributed by atoms with Crippen molar-refractivity contribution in [2.75, 3.05) is 0 Å². The fraction of sp³-hybridized carbons (Fsp3) is 0.0708. The molecule has 0 radical (unpaired) electrons. The second-order valence-corrected chi connectivity index (χ2v) is 34.3. The maximum absolute atomic E-state index is 5.99. The average Bonchev–Trinajstić information content (AvgIpc) is 1.52. The SMILES string of the molecule is CC(C)(C)c1ccc(-c2cc3c4c(c2)c2c(-c5ccccc5)cc(-c5ccccc5)cc2n4-c2cc(-c4nc(-c5cc(-c6ccccc6)cc(-c6ccccc6)c5)nc(-c5cc(-c6ccccc6)cc(-c6ccccc6)c5)n4)cc4c2B3c2cc(-c3ccc(C(C)(C)C)cc3)cc3c5c(-c6ccccc6)cc(-c6ccccc6)cc5n-4c23)cc1. The van der Waals surface area contributed by atoms with Gasteiger partial charge in [-0.05, 0) is 235 Å². The van der Waals surface area contributed by atoms with E-state index < -0.39 is 0 Å². The Morgan fingerprint density at radius 3 is 0.748 bits per heavy atom. The van der Waals surface area contributed by atoms with Crippen molar-refractivity contribution in [1.82, 2.24) is 24.1 Å². The summed E-state index contributed by atoms with van der Waals surface area (Å²) in [5.74, 6) is 1.66. The monoisotopic (exact) mass is 1520 g/mol. The molecule has 22 rings (SSSR count). The molecule has 0 amide bonds. The van der Waals surface area contributed by atoms with Crippen molar-refractivity contribution in [2.24, 2.45) is 0 Å². The molecule has 562 valence electrons. The highest BCUT2D eigenvalue weighted by molar-refractivity contribution is 7.00. The van der Waals surface area contributed by atoms with Gasteiger partial charge >= 0.3 is 0 Å². The highest BCUT2D eigenvalue weighted by Gasteiger charge is 2.43. The van der Waals surface area contributed by atoms with Gasteiger partial charge in [0.1, 0.15) is 0 Å². The fourth-order valence-electron chi connectivity index (χ4n) is 18.9. The van der Waals surface area contributed by atoms with Gasteiger partial charge in [0.15, 0.2) is 17.5 Å². The Morgan fingerprint density at radius 2 is 0.462 bits per heavy atom. The number of hydrogen-bond donors (Lipinski definition) is 0. The zero-order valence-electron chi connectivity index (χ0n) is 67.3. The van der Waals surface area contributed by atoms with Crippen LogP contribution >= 0.6 is 0 Å². The predicted molar refractivity (Wildman–Crippen MR) is 501 cm³/mol. The van der Waals surface area contributed by atoms with E-state index in [0.29, 0.717) is 17.5 Å². The molecule has 0 atom stereocenters. The average molecular weight is 1520 g/mol. The number of benzene rings is 17. The van der Waals surface area contributed by atoms with E-state index in [9.17, 15) is 0 Å². The molecule has 0 aliphatic carbocycles. The zero-order valence-corrected chi connectivity index (χ0v) is 67.3. The number of nitrogens with zero attached hydrogens (tertiary/aromatic N) is 5. The van der Waals surface area contributed by atoms with Gasteiger partial charge in [-0.15, -0.1) is 0 Å². The number of fused-ring (bicyclic) bond motifs is 10. The largest absolute Gasteiger partial charge is 0.310 e. The predicted octanol–water partition coefficient (Wildman–Crippen LogP) is 27.5. The van der Waals surface area contributed by atoms with Crippen LogP contribution in [0.15, 0.2) is 388 Å². The molecule has 2 aliphatic heterocycles. The maximum atomic E-state index is 5.99. The standard InChI is InChI=1S/C113H82BN5/c1-112(2,3)92-51-47-77(48-52-92)85-63-96-104-94(79-43-27-13-28-44-79)61-87(75-39-23-11-24-40-75)67-100(104)118-102-69-91(111-116-109(89-57-81(71-31-15-7-16-32-71)55-82(58-89)72-33-17-8-18-34-72)115-110(117-111)90-59-83(73-35-19-9-20-36-73)56-84(60-90)74-37-21-10-22-38-74)70-103-106(102)114(98(65-85)107(96)118)99-66-86(78-49-53-93(54-50-78)113(4,5)6)64-97-105-95(80-45-29-14-30-46-80)62-88(76-41-25-12-26-42-76)68-101(105)119(103)108(97)99/h7-70H,1-6H3. The molecule has 5 heterocycles. The third-order valence-electron chi connectivity index (χ3n) is 24.8. The smallest absolute Gasteiger partial charge is 0.252 e. The summed E-state index contributed by atoms with van der Waals surface area (Å²) in [5.41, 5.74) is 37.8. The van der Waals surface area contributed by atoms with Gasteiger partial charge in [0.25, 0.3) is 6.71 Å². The lowest BCUT2D eigenvalue weighted by Gasteiger charge is -2.34. The highest BCUT2D eigenvalue weighted by Crippen LogP contribution is 2.50. The summed E-state index contributed by atoms with van der Waals surface area (Å²) < 4.78 is 5.32. The van der Waals surface area contributed by atoms with Gasteiger partial charge in [0.2, 0.25) is 0 Å². The summed E-state index contributed by atoms with van der Waals surface area (Å²) in [4.78, 5) is 17.8. The Balaban J connectivity index is 0.923. The molecule has 0 saturated carbocycles. The molecule has 2 aliphatic rings. The molecule has 0 bridgehead atoms. The lowest BCUT2D eigenvalue weighted by Crippen LogP contribution is -2.59. The van der Waals surface area contributed by atoms with E-state index in [0.717, 1.165) is 128 Å². The van der Waals surface area contributed by atoms with Crippen LogP contribution in [0.4, 0.5) is 0 Å². The van der Waals surface area contributed by atoms with Crippen LogP contribution in [0.1, 0.15) is 52.7 Å². The molecule has 20 aromatic rings. The van der Waals surface area contributed by atoms with Crippen molar-refractivity contribution in [3.05, 3.63) is 399 Å². The molecule has 0 N–H and O–H groups in total. The van der Waals surface area contributed by atoms with Crippen LogP contribution in [0.2, 0.25) is 0 Å². The van der Waals surface area contributed by atoms with Crippen LogP contribution in [0.25, 0.3) is 200 Å². The Bertz CT molecular complexity index is 6840. The van der Waals surface area contributed by atoms with Crippen LogP contribution in [0, 0.1) is 0 Å². The van der Waals surface area contributed by atoms with Crippen LogP contribution in [-0.2, 0) is 10.8 Å². The molecule has 5 nitrogen and oxygen atoms in total. The van der Waals surface area contributed by atoms with E-state index in [-0.39, 0.29) is 17.5 Å². The minimum absolute atomic E-state index is 0.0444. The lowest BCUT2D eigenvalue weighted by atomic mass is 9.34. The van der Waals surface area contributed by atoms with Gasteiger partial charge in [-0.3, -0.25) is 0 Å². The van der Waals surface area contributed by atoms with Crippen LogP contribution in [0.3, 0.4) is 0 Å². The first-order valence-corrected chi connectivity index (χ1v) is 41.5. The number of hydrogen-bond acceptors (Lipinski definition) is 3. The zero-order chi connectivity index (χ0) is 79.8. The van der Waals surface area contributed by atoms with Gasteiger partial charge in [-0.25, -0.2) is 15.0 Å². The number of aromatic nitrogens is 5. The molecule has 0 saturated heterocycles. The third kappa shape index (κ3) is 12.4. The van der Waals surface area contributed by atoms with E-state index in [1.165, 1.54) is 82.3 Å². The van der Waals surface area contributed by atoms with Crippen molar-refractivity contribution < 1.29 is 0 Å². The Morgan fingerprint density at radius 1 is 0.218 bits per heavy atom. The summed E-state index contributed by atoms with van der Waals surface area (Å²) in [6, 6.07) is 144. The summed E-state index contributed by atoms with van der Waals surface area (Å²) >= 11 is 0. The topological polar surface area (TPSA) is 48.5 Å². The lowest BCUT2D eigenvalue weighted by molar-refractivity contribution is 0.590. The van der Waals surface area contributed by atoms with Crippen LogP contribution in [0.5, 0.6) is 0 Å². The first-order valence-electron chi connectivity index (χ1n) is 41.5. The Kier molecular flexibility index (Phi) is 16.8. The van der Waals surface area contributed by atoms with Gasteiger partial charge in [0, 0.05) is 60.6 Å². The molecule has 0 unspecified atom stereocenters. The Labute approximate surface area is 694 Å². The highest BCUT2D eigenvalue weighted by atomic mass is 15.1. The van der Waals surface area contributed by atoms with E-state index in [1.807, 2.05) is 0 Å². The summed E-state index contributed by atoms with van der Waals surface area (Å²) in [5, 5.41) is 4.74. The molecular weight excluding hydrogens is 1440 g/mol. The summed E-state index contributed by atoms with van der Waals surface area (Å²) in [7, 11) is 0. The molecule has 0 fully saturated rings. The van der Waals surface area contributed by atoms with E-state index in [4.69, 9.17) is 15.0 Å². The van der Waals surface area contributed by atoms with Crippen molar-refractivity contribution in [3.63, 3.8) is 0 Å². The van der Waals surface area contributed by atoms with Crippen LogP contribution in [-0.4, -0.2) is 30.8 Å². The second-order valence-electron chi connectivity index (χ2n) is 34.3. The number of rotatable bonds is 13. The van der Waals surface area contributed by atoms with Gasteiger partial charge < -0.3 is 9.13 Å². The molecule has 6 heteroatoms. The third-order valence-corrected chi connectivity index (χ3v) is 24.8. The van der Waals surface area contributed by atoms with E-state index in [2.05, 4.69) is 439 Å². The van der Waals surface area contributed by atoms with Crippen molar-refractivity contribution in [1.29, 1.82) is 0 Å². The van der Waals surface area contributed by atoms with Gasteiger partial charge in [0.05, 0.1) is 11.0 Å². The normalized spacial score (nSPS) is 12.3. The van der Waals surface area contributed by atoms with E-state index >= 15 is 0 Å². The first-order chi connectivity index (χ1) is 58.2. The molecular formula is C113H82BN5.